The van der Waals surface area contributed by atoms with E-state index >= 15 is 0 Å². The fourth-order valence-corrected chi connectivity index (χ4v) is 4.58. The van der Waals surface area contributed by atoms with E-state index in [-0.39, 0.29) is 5.91 Å². The third-order valence-electron chi connectivity index (χ3n) is 6.18. The van der Waals surface area contributed by atoms with Crippen LogP contribution in [0.4, 0.5) is 0 Å². The summed E-state index contributed by atoms with van der Waals surface area (Å²) in [6, 6.07) is 8.24. The molecule has 2 aliphatic rings. The number of carbonyl (C=O) groups excluding carboxylic acids is 1. The maximum atomic E-state index is 13.0. The third-order valence-corrected chi connectivity index (χ3v) is 6.18. The lowest BCUT2D eigenvalue weighted by molar-refractivity contribution is 0.0924. The fraction of sp³-hybridized carbons (Fsp3) is 0.565. The van der Waals surface area contributed by atoms with Crippen LogP contribution in [0.15, 0.2) is 34.9 Å². The number of aromatic nitrogens is 1. The van der Waals surface area contributed by atoms with Gasteiger partial charge in [-0.15, -0.1) is 0 Å². The first-order valence-corrected chi connectivity index (χ1v) is 10.7. The molecular formula is C23H31N3O2. The van der Waals surface area contributed by atoms with Crippen LogP contribution in [-0.2, 0) is 6.54 Å². The molecule has 0 spiro atoms. The number of amides is 1. The Bertz CT molecular complexity index is 773. The molecule has 1 amide bonds. The van der Waals surface area contributed by atoms with Gasteiger partial charge in [0.2, 0.25) is 0 Å². The maximum absolute atomic E-state index is 13.0. The highest BCUT2D eigenvalue weighted by Gasteiger charge is 2.27. The molecule has 0 aromatic carbocycles. The van der Waals surface area contributed by atoms with E-state index in [1.165, 1.54) is 19.3 Å². The normalized spacial score (nSPS) is 19.6. The molecule has 1 saturated carbocycles. The number of hydrogen-bond acceptors (Lipinski definition) is 4. The predicted molar refractivity (Wildman–Crippen MR) is 109 cm³/mol. The van der Waals surface area contributed by atoms with Crippen LogP contribution >= 0.6 is 0 Å². The Morgan fingerprint density at radius 2 is 1.93 bits per heavy atom. The minimum absolute atomic E-state index is 0.0624. The average Bonchev–Trinajstić information content (AvgIpc) is 3.22. The van der Waals surface area contributed by atoms with E-state index in [9.17, 15) is 4.79 Å². The number of likely N-dealkylation sites (tertiary alicyclic amines) is 1. The van der Waals surface area contributed by atoms with Crippen LogP contribution in [0, 0.1) is 6.92 Å². The van der Waals surface area contributed by atoms with Crippen molar-refractivity contribution < 1.29 is 9.21 Å². The standard InChI is InChI=1S/C23H31N3O2/c1-17-9-10-21(23(27)25-19-6-3-2-4-7-19)22(24-17)18-11-13-26(14-12-18)16-20-8-5-15-28-20/h5,8-10,15,18-19H,2-4,6-7,11-14,16H2,1H3,(H,25,27). The van der Waals surface area contributed by atoms with Gasteiger partial charge in [-0.25, -0.2) is 0 Å². The summed E-state index contributed by atoms with van der Waals surface area (Å²) >= 11 is 0. The molecule has 28 heavy (non-hydrogen) atoms. The van der Waals surface area contributed by atoms with Crippen LogP contribution in [0.2, 0.25) is 0 Å². The zero-order chi connectivity index (χ0) is 19.3. The first-order valence-electron chi connectivity index (χ1n) is 10.7. The molecule has 2 fully saturated rings. The van der Waals surface area contributed by atoms with Gasteiger partial charge in [-0.2, -0.15) is 0 Å². The summed E-state index contributed by atoms with van der Waals surface area (Å²) in [5, 5.41) is 3.27. The summed E-state index contributed by atoms with van der Waals surface area (Å²) in [6.45, 7) is 4.88. The molecule has 0 bridgehead atoms. The Morgan fingerprint density at radius 3 is 2.64 bits per heavy atom. The monoisotopic (exact) mass is 381 g/mol. The average molecular weight is 382 g/mol. The summed E-state index contributed by atoms with van der Waals surface area (Å²) in [5.41, 5.74) is 2.76. The number of aryl methyl sites for hydroxylation is 1. The van der Waals surface area contributed by atoms with Gasteiger partial charge in [0.15, 0.2) is 0 Å². The van der Waals surface area contributed by atoms with E-state index in [1.54, 1.807) is 6.26 Å². The third kappa shape index (κ3) is 4.64. The van der Waals surface area contributed by atoms with Gasteiger partial charge in [0, 0.05) is 17.7 Å². The molecule has 0 radical (unpaired) electrons. The lowest BCUT2D eigenvalue weighted by Gasteiger charge is -2.32. The molecule has 150 valence electrons. The Morgan fingerprint density at radius 1 is 1.14 bits per heavy atom. The number of nitrogens with zero attached hydrogens (tertiary/aromatic N) is 2. The minimum Gasteiger partial charge on any atom is -0.468 e. The number of nitrogens with one attached hydrogen (secondary N) is 1. The molecule has 1 aliphatic carbocycles. The number of pyridine rings is 1. The topological polar surface area (TPSA) is 58.4 Å². The van der Waals surface area contributed by atoms with Crippen LogP contribution < -0.4 is 5.32 Å². The zero-order valence-corrected chi connectivity index (χ0v) is 16.8. The van der Waals surface area contributed by atoms with Gasteiger partial charge in [-0.1, -0.05) is 19.3 Å². The fourth-order valence-electron chi connectivity index (χ4n) is 4.58. The van der Waals surface area contributed by atoms with Gasteiger partial charge < -0.3 is 9.73 Å². The Kier molecular flexibility index (Phi) is 6.10. The molecule has 4 rings (SSSR count). The van der Waals surface area contributed by atoms with Crippen molar-refractivity contribution in [3.05, 3.63) is 53.2 Å². The van der Waals surface area contributed by atoms with Crippen LogP contribution in [0.1, 0.15) is 78.4 Å². The highest BCUT2D eigenvalue weighted by Crippen LogP contribution is 2.30. The first kappa shape index (κ1) is 19.2. The van der Waals surface area contributed by atoms with Gasteiger partial charge in [0.1, 0.15) is 5.76 Å². The van der Waals surface area contributed by atoms with Gasteiger partial charge in [-0.3, -0.25) is 14.7 Å². The second-order valence-corrected chi connectivity index (χ2v) is 8.32. The summed E-state index contributed by atoms with van der Waals surface area (Å²) in [7, 11) is 0. The van der Waals surface area contributed by atoms with Crippen molar-refractivity contribution in [3.8, 4) is 0 Å². The second-order valence-electron chi connectivity index (χ2n) is 8.32. The van der Waals surface area contributed by atoms with E-state index in [2.05, 4.69) is 10.2 Å². The molecule has 1 saturated heterocycles. The van der Waals surface area contributed by atoms with Crippen molar-refractivity contribution in [1.82, 2.24) is 15.2 Å². The smallest absolute Gasteiger partial charge is 0.253 e. The highest BCUT2D eigenvalue weighted by atomic mass is 16.3. The van der Waals surface area contributed by atoms with Crippen LogP contribution in [0.25, 0.3) is 0 Å². The van der Waals surface area contributed by atoms with E-state index in [0.717, 1.165) is 68.0 Å². The van der Waals surface area contributed by atoms with E-state index in [0.29, 0.717) is 12.0 Å². The van der Waals surface area contributed by atoms with Crippen molar-refractivity contribution in [1.29, 1.82) is 0 Å². The van der Waals surface area contributed by atoms with Crippen molar-refractivity contribution in [3.63, 3.8) is 0 Å². The summed E-state index contributed by atoms with van der Waals surface area (Å²) in [4.78, 5) is 20.2. The molecule has 3 heterocycles. The lowest BCUT2D eigenvalue weighted by Crippen LogP contribution is -2.37. The Labute approximate surface area is 167 Å². The summed E-state index contributed by atoms with van der Waals surface area (Å²) in [5.74, 6) is 1.42. The predicted octanol–water partition coefficient (Wildman–Crippen LogP) is 4.43. The number of piperidine rings is 1. The summed E-state index contributed by atoms with van der Waals surface area (Å²) in [6.07, 6.45) is 9.73. The molecule has 0 atom stereocenters. The van der Waals surface area contributed by atoms with Crippen molar-refractivity contribution >= 4 is 5.91 Å². The zero-order valence-electron chi connectivity index (χ0n) is 16.8. The van der Waals surface area contributed by atoms with Crippen LogP contribution in [0.3, 0.4) is 0 Å². The molecule has 0 unspecified atom stereocenters. The number of rotatable bonds is 5. The molecule has 1 aliphatic heterocycles. The van der Waals surface area contributed by atoms with Gasteiger partial charge in [0.05, 0.1) is 24.1 Å². The minimum atomic E-state index is 0.0624. The SMILES string of the molecule is Cc1ccc(C(=O)NC2CCCCC2)c(C2CCN(Cc3ccco3)CC2)n1. The van der Waals surface area contributed by atoms with E-state index in [1.807, 2.05) is 31.2 Å². The van der Waals surface area contributed by atoms with Gasteiger partial charge in [0.25, 0.3) is 5.91 Å². The molecular weight excluding hydrogens is 350 g/mol. The van der Waals surface area contributed by atoms with Crippen molar-refractivity contribution in [2.24, 2.45) is 0 Å². The Balaban J connectivity index is 1.42. The van der Waals surface area contributed by atoms with Gasteiger partial charge in [-0.05, 0) is 70.0 Å². The highest BCUT2D eigenvalue weighted by molar-refractivity contribution is 5.95. The van der Waals surface area contributed by atoms with Crippen molar-refractivity contribution in [2.45, 2.75) is 70.4 Å². The van der Waals surface area contributed by atoms with Crippen LogP contribution in [-0.4, -0.2) is 34.9 Å². The maximum Gasteiger partial charge on any atom is 0.253 e. The largest absolute Gasteiger partial charge is 0.468 e. The quantitative estimate of drug-likeness (QED) is 0.833. The number of hydrogen-bond donors (Lipinski definition) is 1. The lowest BCUT2D eigenvalue weighted by atomic mass is 9.89. The molecule has 5 heteroatoms. The number of carbonyl (C=O) groups is 1. The summed E-state index contributed by atoms with van der Waals surface area (Å²) < 4.78 is 5.48. The molecule has 2 aromatic heterocycles. The first-order chi connectivity index (χ1) is 13.7. The molecule has 2 aromatic rings. The van der Waals surface area contributed by atoms with E-state index < -0.39 is 0 Å². The second kappa shape index (κ2) is 8.91. The van der Waals surface area contributed by atoms with Gasteiger partial charge >= 0.3 is 0 Å². The Hall–Kier alpha value is -2.14. The van der Waals surface area contributed by atoms with Crippen LogP contribution in [0.5, 0.6) is 0 Å². The number of furan rings is 1. The molecule has 5 nitrogen and oxygen atoms in total. The molecule has 1 N–H and O–H groups in total. The van der Waals surface area contributed by atoms with E-state index in [4.69, 9.17) is 9.40 Å². The van der Waals surface area contributed by atoms with Crippen molar-refractivity contribution in [2.75, 3.05) is 13.1 Å².